The zero-order valence-corrected chi connectivity index (χ0v) is 10.9. The van der Waals surface area contributed by atoms with Crippen LogP contribution in [0.1, 0.15) is 6.42 Å². The van der Waals surface area contributed by atoms with Crippen LogP contribution in [-0.4, -0.2) is 36.5 Å². The average molecular weight is 280 g/mol. The lowest BCUT2D eigenvalue weighted by atomic mass is 10.2. The molecule has 0 aliphatic rings. The summed E-state index contributed by atoms with van der Waals surface area (Å²) in [5.74, 6) is 0.641. The molecule has 0 fully saturated rings. The number of aliphatic hydroxyl groups is 1. The fourth-order valence-corrected chi connectivity index (χ4v) is 1.74. The normalized spacial score (nSPS) is 12.5. The lowest BCUT2D eigenvalue weighted by Gasteiger charge is -2.18. The number of hydrogen-bond acceptors (Lipinski definition) is 5. The van der Waals surface area contributed by atoms with Gasteiger partial charge in [-0.2, -0.15) is 0 Å². The highest BCUT2D eigenvalue weighted by Gasteiger charge is 2.12. The van der Waals surface area contributed by atoms with Crippen molar-refractivity contribution in [3.8, 4) is 0 Å². The number of methoxy groups -OCH3 is 1. The van der Waals surface area contributed by atoms with Gasteiger partial charge >= 0.3 is 0 Å². The fraction of sp³-hybridized carbons (Fsp3) is 0.500. The largest absolute Gasteiger partial charge is 0.396 e. The Kier molecular flexibility index (Phi) is 5.77. The summed E-state index contributed by atoms with van der Waals surface area (Å²) in [6.07, 6.45) is 0.522. The van der Waals surface area contributed by atoms with E-state index in [0.29, 0.717) is 28.9 Å². The van der Waals surface area contributed by atoms with E-state index in [2.05, 4.69) is 10.3 Å². The van der Waals surface area contributed by atoms with E-state index in [9.17, 15) is 0 Å². The minimum absolute atomic E-state index is 0.0434. The van der Waals surface area contributed by atoms with Crippen LogP contribution in [0.2, 0.25) is 10.0 Å². The second-order valence-corrected chi connectivity index (χ2v) is 4.31. The molecule has 0 aliphatic carbocycles. The Balaban J connectivity index is 2.81. The van der Waals surface area contributed by atoms with E-state index in [1.54, 1.807) is 7.11 Å². The highest BCUT2D eigenvalue weighted by atomic mass is 35.5. The van der Waals surface area contributed by atoms with E-state index in [1.165, 1.54) is 6.07 Å². The van der Waals surface area contributed by atoms with Gasteiger partial charge in [-0.05, 0) is 12.5 Å². The second-order valence-electron chi connectivity index (χ2n) is 3.49. The number of nitrogen functional groups attached to an aromatic ring is 1. The van der Waals surface area contributed by atoms with E-state index in [1.807, 2.05) is 0 Å². The quantitative estimate of drug-likeness (QED) is 0.740. The number of nitrogens with two attached hydrogens (primary N) is 1. The van der Waals surface area contributed by atoms with E-state index >= 15 is 0 Å². The molecule has 4 N–H and O–H groups in total. The molecule has 1 atom stereocenters. The molecule has 1 aromatic rings. The molecule has 1 aromatic heterocycles. The first-order valence-electron chi connectivity index (χ1n) is 5.06. The van der Waals surface area contributed by atoms with Crippen LogP contribution in [0.4, 0.5) is 11.6 Å². The van der Waals surface area contributed by atoms with Crippen molar-refractivity contribution < 1.29 is 9.84 Å². The van der Waals surface area contributed by atoms with Crippen LogP contribution < -0.4 is 11.1 Å². The predicted octanol–water partition coefficient (Wildman–Crippen LogP) is 1.78. The Labute approximate surface area is 110 Å². The van der Waals surface area contributed by atoms with Gasteiger partial charge in [-0.15, -0.1) is 0 Å². The Hall–Kier alpha value is -0.750. The van der Waals surface area contributed by atoms with Gasteiger partial charge < -0.3 is 20.9 Å². The lowest BCUT2D eigenvalue weighted by molar-refractivity contribution is 0.170. The third-order valence-corrected chi connectivity index (χ3v) is 2.73. The van der Waals surface area contributed by atoms with Crippen molar-refractivity contribution >= 4 is 34.8 Å². The van der Waals surface area contributed by atoms with E-state index < -0.39 is 0 Å². The minimum Gasteiger partial charge on any atom is -0.396 e. The van der Waals surface area contributed by atoms with E-state index in [4.69, 9.17) is 38.8 Å². The van der Waals surface area contributed by atoms with Gasteiger partial charge in [0.05, 0.1) is 22.7 Å². The number of aromatic nitrogens is 1. The number of rotatable bonds is 6. The van der Waals surface area contributed by atoms with Gasteiger partial charge in [0.2, 0.25) is 0 Å². The highest BCUT2D eigenvalue weighted by Crippen LogP contribution is 2.27. The molecule has 1 rings (SSSR count). The number of nitrogens with one attached hydrogen (secondary N) is 1. The summed E-state index contributed by atoms with van der Waals surface area (Å²) < 4.78 is 5.02. The van der Waals surface area contributed by atoms with Gasteiger partial charge in [-0.1, -0.05) is 23.2 Å². The van der Waals surface area contributed by atoms with Crippen LogP contribution in [0, 0.1) is 0 Å². The average Bonchev–Trinajstić information content (AvgIpc) is 2.26. The third-order valence-electron chi connectivity index (χ3n) is 2.14. The van der Waals surface area contributed by atoms with Crippen LogP contribution in [0.3, 0.4) is 0 Å². The number of hydrogen-bond donors (Lipinski definition) is 3. The van der Waals surface area contributed by atoms with Gasteiger partial charge in [0.1, 0.15) is 11.6 Å². The molecule has 0 saturated carbocycles. The molecule has 0 saturated heterocycles. The topological polar surface area (TPSA) is 80.4 Å². The van der Waals surface area contributed by atoms with Crippen molar-refractivity contribution in [1.29, 1.82) is 0 Å². The van der Waals surface area contributed by atoms with Crippen molar-refractivity contribution in [2.24, 2.45) is 0 Å². The molecule has 0 aliphatic heterocycles. The van der Waals surface area contributed by atoms with Crippen LogP contribution in [-0.2, 0) is 4.74 Å². The maximum absolute atomic E-state index is 8.91. The summed E-state index contributed by atoms with van der Waals surface area (Å²) in [7, 11) is 1.58. The van der Waals surface area contributed by atoms with E-state index in [0.717, 1.165) is 0 Å². The molecule has 96 valence electrons. The van der Waals surface area contributed by atoms with Crippen molar-refractivity contribution in [1.82, 2.24) is 4.98 Å². The molecule has 5 nitrogen and oxygen atoms in total. The highest BCUT2D eigenvalue weighted by molar-refractivity contribution is 6.37. The Morgan fingerprint density at radius 1 is 1.53 bits per heavy atom. The molecular weight excluding hydrogens is 265 g/mol. The van der Waals surface area contributed by atoms with Crippen LogP contribution in [0.5, 0.6) is 0 Å². The van der Waals surface area contributed by atoms with Crippen molar-refractivity contribution in [2.45, 2.75) is 12.5 Å². The Bertz CT molecular complexity index is 371. The molecule has 0 amide bonds. The molecule has 0 bridgehead atoms. The number of nitrogens with zero attached hydrogens (tertiary/aromatic N) is 1. The predicted molar refractivity (Wildman–Crippen MR) is 69.7 cm³/mol. The maximum Gasteiger partial charge on any atom is 0.147 e. The van der Waals surface area contributed by atoms with Crippen molar-refractivity contribution in [3.63, 3.8) is 0 Å². The first kappa shape index (κ1) is 14.3. The minimum atomic E-state index is -0.0874. The summed E-state index contributed by atoms with van der Waals surface area (Å²) in [6.45, 7) is 0.475. The van der Waals surface area contributed by atoms with Crippen LogP contribution in [0.15, 0.2) is 6.07 Å². The summed E-state index contributed by atoms with van der Waals surface area (Å²) >= 11 is 11.8. The van der Waals surface area contributed by atoms with Gasteiger partial charge in [0.25, 0.3) is 0 Å². The van der Waals surface area contributed by atoms with Crippen molar-refractivity contribution in [2.75, 3.05) is 31.4 Å². The summed E-state index contributed by atoms with van der Waals surface area (Å²) in [5, 5.41) is 12.7. The molecule has 1 heterocycles. The Morgan fingerprint density at radius 3 is 2.82 bits per heavy atom. The number of halogens is 2. The number of pyridine rings is 1. The second kappa shape index (κ2) is 6.86. The molecule has 17 heavy (non-hydrogen) atoms. The summed E-state index contributed by atoms with van der Waals surface area (Å²) in [4.78, 5) is 4.04. The summed E-state index contributed by atoms with van der Waals surface area (Å²) in [5.41, 5.74) is 5.59. The van der Waals surface area contributed by atoms with Gasteiger partial charge in [0.15, 0.2) is 0 Å². The lowest BCUT2D eigenvalue weighted by Crippen LogP contribution is -2.26. The number of anilines is 2. The standard InChI is InChI=1S/C10H15Cl2N3O2/c1-17-5-6(2-3-16)14-10-8(12)4-7(11)9(13)15-10/h4,6,16H,2-3,5H2,1H3,(H3,13,14,15). The molecule has 7 heteroatoms. The maximum atomic E-state index is 8.91. The molecule has 0 radical (unpaired) electrons. The fourth-order valence-electron chi connectivity index (χ4n) is 1.33. The molecular formula is C10H15Cl2N3O2. The zero-order chi connectivity index (χ0) is 12.8. The first-order valence-corrected chi connectivity index (χ1v) is 5.82. The zero-order valence-electron chi connectivity index (χ0n) is 9.41. The van der Waals surface area contributed by atoms with Gasteiger partial charge in [-0.25, -0.2) is 4.98 Å². The van der Waals surface area contributed by atoms with Gasteiger partial charge in [0, 0.05) is 13.7 Å². The molecule has 0 spiro atoms. The molecule has 0 aromatic carbocycles. The van der Waals surface area contributed by atoms with Crippen molar-refractivity contribution in [3.05, 3.63) is 16.1 Å². The number of ether oxygens (including phenoxy) is 1. The Morgan fingerprint density at radius 2 is 2.24 bits per heavy atom. The summed E-state index contributed by atoms with van der Waals surface area (Å²) in [6, 6.07) is 1.44. The third kappa shape index (κ3) is 4.20. The van der Waals surface area contributed by atoms with Gasteiger partial charge in [-0.3, -0.25) is 0 Å². The monoisotopic (exact) mass is 279 g/mol. The van der Waals surface area contributed by atoms with Crippen LogP contribution in [0.25, 0.3) is 0 Å². The van der Waals surface area contributed by atoms with E-state index in [-0.39, 0.29) is 18.5 Å². The smallest absolute Gasteiger partial charge is 0.147 e. The first-order chi connectivity index (χ1) is 8.08. The SMILES string of the molecule is COCC(CCO)Nc1nc(N)c(Cl)cc1Cl. The van der Waals surface area contributed by atoms with Crippen LogP contribution >= 0.6 is 23.2 Å². The molecule has 1 unspecified atom stereocenters. The number of aliphatic hydroxyl groups excluding tert-OH is 1.